The maximum Gasteiger partial charge on any atom is 0.271 e. The maximum absolute atomic E-state index is 11.0. The largest absolute Gasteiger partial charge is 0.341 e. The van der Waals surface area contributed by atoms with Crippen molar-refractivity contribution in [3.05, 3.63) is 58.4 Å². The Bertz CT molecular complexity index is 1610. The monoisotopic (exact) mass is 419 g/mol. The molecule has 6 aromatic rings. The van der Waals surface area contributed by atoms with Crippen LogP contribution in [0.1, 0.15) is 5.82 Å². The van der Waals surface area contributed by atoms with Crippen LogP contribution < -0.4 is 0 Å². The Morgan fingerprint density at radius 3 is 2.80 bits per heavy atom. The fourth-order valence-corrected chi connectivity index (χ4v) is 4.39. The lowest BCUT2D eigenvalue weighted by atomic mass is 10.3. The van der Waals surface area contributed by atoms with Crippen LogP contribution in [-0.4, -0.2) is 43.7 Å². The molecule has 0 amide bonds. The minimum atomic E-state index is -0.422. The van der Waals surface area contributed by atoms with Crippen LogP contribution in [0.25, 0.3) is 33.6 Å². The second kappa shape index (κ2) is 6.03. The number of hydrogen-bond donors (Lipinski definition) is 1. The number of rotatable bonds is 4. The molecule has 1 N–H and O–H groups in total. The lowest BCUT2D eigenvalue weighted by molar-refractivity contribution is -0.384. The van der Waals surface area contributed by atoms with E-state index in [-0.39, 0.29) is 5.69 Å². The molecular formula is C18H13N9O2S. The number of aromatic nitrogens is 8. The van der Waals surface area contributed by atoms with Gasteiger partial charge < -0.3 is 9.55 Å². The van der Waals surface area contributed by atoms with Gasteiger partial charge in [-0.15, -0.1) is 15.3 Å². The van der Waals surface area contributed by atoms with Crippen molar-refractivity contribution in [2.75, 3.05) is 0 Å². The van der Waals surface area contributed by atoms with Crippen LogP contribution in [0.4, 0.5) is 5.69 Å². The molecule has 4 aromatic heterocycles. The molecule has 2 aromatic carbocycles. The number of H-pyrrole nitrogens is 1. The summed E-state index contributed by atoms with van der Waals surface area (Å²) in [5.74, 6) is 2.61. The first-order valence-electron chi connectivity index (χ1n) is 9.03. The lowest BCUT2D eigenvalue weighted by Gasteiger charge is -1.95. The number of nitro groups is 1. The molecule has 0 saturated carbocycles. The van der Waals surface area contributed by atoms with Gasteiger partial charge in [0, 0.05) is 19.2 Å². The lowest BCUT2D eigenvalue weighted by Crippen LogP contribution is -1.93. The third-order valence-corrected chi connectivity index (χ3v) is 5.96. The Labute approximate surface area is 171 Å². The van der Waals surface area contributed by atoms with Crippen LogP contribution in [0.15, 0.2) is 47.6 Å². The molecular weight excluding hydrogens is 406 g/mol. The zero-order chi connectivity index (χ0) is 20.4. The van der Waals surface area contributed by atoms with Crippen molar-refractivity contribution in [3.8, 4) is 0 Å². The van der Waals surface area contributed by atoms with Crippen molar-refractivity contribution in [2.24, 2.45) is 7.05 Å². The van der Waals surface area contributed by atoms with Crippen molar-refractivity contribution >= 4 is 51.1 Å². The first kappa shape index (κ1) is 17.0. The summed E-state index contributed by atoms with van der Waals surface area (Å²) >= 11 is 1.44. The number of non-ortho nitro benzene ring substituents is 1. The number of nitro benzene ring substituents is 1. The molecule has 0 bridgehead atoms. The van der Waals surface area contributed by atoms with E-state index in [1.165, 1.54) is 23.9 Å². The smallest absolute Gasteiger partial charge is 0.271 e. The first-order valence-corrected chi connectivity index (χ1v) is 10.0. The summed E-state index contributed by atoms with van der Waals surface area (Å²) in [7, 11) is 1.97. The molecule has 0 radical (unpaired) electrons. The van der Waals surface area contributed by atoms with Crippen molar-refractivity contribution in [2.45, 2.75) is 10.9 Å². The topological polar surface area (TPSA) is 124 Å². The highest BCUT2D eigenvalue weighted by atomic mass is 32.2. The van der Waals surface area contributed by atoms with Crippen molar-refractivity contribution < 1.29 is 4.92 Å². The molecule has 0 spiro atoms. The van der Waals surface area contributed by atoms with E-state index in [4.69, 9.17) is 0 Å². The molecule has 12 heteroatoms. The van der Waals surface area contributed by atoms with Gasteiger partial charge >= 0.3 is 0 Å². The molecule has 0 aliphatic heterocycles. The van der Waals surface area contributed by atoms with Crippen LogP contribution in [0, 0.1) is 10.1 Å². The highest BCUT2D eigenvalue weighted by molar-refractivity contribution is 7.98. The van der Waals surface area contributed by atoms with E-state index in [2.05, 4.69) is 25.3 Å². The summed E-state index contributed by atoms with van der Waals surface area (Å²) in [6, 6.07) is 12.6. The van der Waals surface area contributed by atoms with Gasteiger partial charge in [0.15, 0.2) is 0 Å². The predicted molar refractivity (Wildman–Crippen MR) is 111 cm³/mol. The quantitative estimate of drug-likeness (QED) is 0.265. The number of nitrogens with zero attached hydrogens (tertiary/aromatic N) is 8. The number of para-hydroxylation sites is 2. The van der Waals surface area contributed by atoms with Crippen LogP contribution in [0.3, 0.4) is 0 Å². The second-order valence-corrected chi connectivity index (χ2v) is 7.75. The Morgan fingerprint density at radius 1 is 1.13 bits per heavy atom. The second-order valence-electron chi connectivity index (χ2n) is 6.81. The summed E-state index contributed by atoms with van der Waals surface area (Å²) in [6.45, 7) is 0. The minimum absolute atomic E-state index is 0.0291. The van der Waals surface area contributed by atoms with Gasteiger partial charge in [0.2, 0.25) is 10.9 Å². The van der Waals surface area contributed by atoms with E-state index in [0.717, 1.165) is 16.8 Å². The fraction of sp³-hybridized carbons (Fsp3) is 0.111. The Hall–Kier alpha value is -3.93. The number of nitrogens with one attached hydrogen (secondary N) is 1. The van der Waals surface area contributed by atoms with E-state index in [1.54, 1.807) is 10.6 Å². The highest BCUT2D eigenvalue weighted by Crippen LogP contribution is 2.26. The first-order chi connectivity index (χ1) is 14.6. The van der Waals surface area contributed by atoms with E-state index < -0.39 is 4.92 Å². The van der Waals surface area contributed by atoms with Gasteiger partial charge in [0.25, 0.3) is 11.5 Å². The molecule has 0 aliphatic carbocycles. The Morgan fingerprint density at radius 2 is 1.97 bits per heavy atom. The number of fused-ring (bicyclic) bond motifs is 6. The minimum Gasteiger partial charge on any atom is -0.341 e. The molecule has 0 fully saturated rings. The molecule has 0 saturated heterocycles. The summed E-state index contributed by atoms with van der Waals surface area (Å²) in [5.41, 5.74) is 3.42. The van der Waals surface area contributed by atoms with Crippen molar-refractivity contribution in [1.82, 2.24) is 38.7 Å². The third kappa shape index (κ3) is 2.33. The highest BCUT2D eigenvalue weighted by Gasteiger charge is 2.19. The molecule has 6 rings (SSSR count). The van der Waals surface area contributed by atoms with E-state index >= 15 is 0 Å². The summed E-state index contributed by atoms with van der Waals surface area (Å²) < 4.78 is 5.72. The third-order valence-electron chi connectivity index (χ3n) is 5.03. The number of benzene rings is 2. The SMILES string of the molecule is Cn1c2ccccc2n2c1nn1c(SCc3nc4ccc([N+](=O)[O-])cc4[nH]3)nnc12. The van der Waals surface area contributed by atoms with Gasteiger partial charge in [-0.1, -0.05) is 23.9 Å². The molecule has 30 heavy (non-hydrogen) atoms. The number of aromatic amines is 1. The van der Waals surface area contributed by atoms with Gasteiger partial charge in [-0.3, -0.25) is 10.1 Å². The summed E-state index contributed by atoms with van der Waals surface area (Å²) in [4.78, 5) is 18.2. The van der Waals surface area contributed by atoms with Crippen molar-refractivity contribution in [3.63, 3.8) is 0 Å². The van der Waals surface area contributed by atoms with Gasteiger partial charge in [0.05, 0.1) is 32.7 Å². The maximum atomic E-state index is 11.0. The predicted octanol–water partition coefficient (Wildman–Crippen LogP) is 2.95. The van der Waals surface area contributed by atoms with Crippen molar-refractivity contribution in [1.29, 1.82) is 0 Å². The number of thioether (sulfide) groups is 1. The molecule has 0 unspecified atom stereocenters. The van der Waals surface area contributed by atoms with E-state index in [0.29, 0.717) is 33.5 Å². The summed E-state index contributed by atoms with van der Waals surface area (Å²) in [6.07, 6.45) is 0. The Kier molecular flexibility index (Phi) is 3.41. The average Bonchev–Trinajstić information content (AvgIpc) is 3.47. The van der Waals surface area contributed by atoms with Crippen LogP contribution >= 0.6 is 11.8 Å². The van der Waals surface area contributed by atoms with Crippen LogP contribution in [0.2, 0.25) is 0 Å². The average molecular weight is 419 g/mol. The van der Waals surface area contributed by atoms with Crippen LogP contribution in [-0.2, 0) is 12.8 Å². The summed E-state index contributed by atoms with van der Waals surface area (Å²) in [5, 5.41) is 24.9. The zero-order valence-electron chi connectivity index (χ0n) is 15.6. The van der Waals surface area contributed by atoms with Gasteiger partial charge in [-0.05, 0) is 18.2 Å². The van der Waals surface area contributed by atoms with Gasteiger partial charge in [-0.2, -0.15) is 4.52 Å². The van der Waals surface area contributed by atoms with E-state index in [9.17, 15) is 10.1 Å². The van der Waals surface area contributed by atoms with Crippen LogP contribution in [0.5, 0.6) is 0 Å². The number of hydrogen-bond acceptors (Lipinski definition) is 7. The normalized spacial score (nSPS) is 12.0. The zero-order valence-corrected chi connectivity index (χ0v) is 16.4. The number of imidazole rings is 2. The molecule has 0 aliphatic rings. The molecule has 148 valence electrons. The molecule has 4 heterocycles. The Balaban J connectivity index is 1.36. The van der Waals surface area contributed by atoms with Gasteiger partial charge in [0.1, 0.15) is 5.82 Å². The van der Waals surface area contributed by atoms with Gasteiger partial charge in [-0.25, -0.2) is 9.38 Å². The molecule has 0 atom stereocenters. The molecule has 11 nitrogen and oxygen atoms in total. The van der Waals surface area contributed by atoms with E-state index in [1.807, 2.05) is 40.3 Å². The standard InChI is InChI=1S/C18H13N9O2S/c1-24-13-4-2-3-5-14(13)25-16-21-22-18(26(16)23-17(24)25)30-9-15-19-11-7-6-10(27(28)29)8-12(11)20-15/h2-8H,9H2,1H3,(H,19,20). The number of aryl methyl sites for hydroxylation is 1. The fourth-order valence-electron chi connectivity index (χ4n) is 3.64.